The molecule has 0 aliphatic rings. The number of anilines is 1. The number of para-hydroxylation sites is 1. The van der Waals surface area contributed by atoms with Gasteiger partial charge in [0.05, 0.1) is 6.54 Å². The van der Waals surface area contributed by atoms with Crippen LogP contribution in [0.3, 0.4) is 0 Å². The zero-order valence-corrected chi connectivity index (χ0v) is 15.5. The second-order valence-corrected chi connectivity index (χ2v) is 4.68. The van der Waals surface area contributed by atoms with Crippen molar-refractivity contribution in [1.29, 1.82) is 0 Å². The summed E-state index contributed by atoms with van der Waals surface area (Å²) in [6.45, 7) is 10.2. The van der Waals surface area contributed by atoms with Crippen molar-refractivity contribution in [2.75, 3.05) is 31.6 Å². The maximum atomic E-state index is 4.60. The summed E-state index contributed by atoms with van der Waals surface area (Å²) in [6.07, 6.45) is 1.83. The lowest BCUT2D eigenvalue weighted by atomic mass is 10.2. The number of likely N-dealkylation sites (N-methyl/N-ethyl adjacent to an activating group) is 1. The Hall–Kier alpha value is -1.24. The molecule has 0 amide bonds. The minimum absolute atomic E-state index is 0. The van der Waals surface area contributed by atoms with Crippen molar-refractivity contribution < 1.29 is 0 Å². The monoisotopic (exact) mass is 402 g/mol. The molecule has 1 unspecified atom stereocenters. The van der Waals surface area contributed by atoms with Gasteiger partial charge in [0.15, 0.2) is 5.96 Å². The molecule has 0 saturated carbocycles. The number of benzene rings is 1. The second-order valence-electron chi connectivity index (χ2n) is 4.68. The molecule has 0 aromatic heterocycles. The summed E-state index contributed by atoms with van der Waals surface area (Å²) in [5.74, 6) is 0.834. The molecule has 21 heavy (non-hydrogen) atoms. The SMILES string of the molecule is C=CCNC(=NCC(C)N(C)c1ccccc1)NCC.I. The van der Waals surface area contributed by atoms with Gasteiger partial charge in [0, 0.05) is 31.9 Å². The van der Waals surface area contributed by atoms with E-state index in [9.17, 15) is 0 Å². The fraction of sp³-hybridized carbons (Fsp3) is 0.438. The van der Waals surface area contributed by atoms with Crippen molar-refractivity contribution in [1.82, 2.24) is 10.6 Å². The Bertz CT molecular complexity index is 420. The molecule has 1 rings (SSSR count). The minimum Gasteiger partial charge on any atom is -0.370 e. The molecule has 1 aromatic carbocycles. The normalized spacial score (nSPS) is 12.0. The van der Waals surface area contributed by atoms with E-state index in [1.54, 1.807) is 0 Å². The highest BCUT2D eigenvalue weighted by Gasteiger charge is 2.09. The Morgan fingerprint density at radius 2 is 2.00 bits per heavy atom. The molecule has 0 saturated heterocycles. The van der Waals surface area contributed by atoms with Gasteiger partial charge in [-0.3, -0.25) is 4.99 Å². The lowest BCUT2D eigenvalue weighted by Gasteiger charge is -2.26. The summed E-state index contributed by atoms with van der Waals surface area (Å²) in [7, 11) is 2.10. The van der Waals surface area contributed by atoms with Gasteiger partial charge < -0.3 is 15.5 Å². The molecule has 0 fully saturated rings. The van der Waals surface area contributed by atoms with Crippen LogP contribution in [0.25, 0.3) is 0 Å². The third-order valence-corrected chi connectivity index (χ3v) is 3.10. The standard InChI is InChI=1S/C16H26N4.HI/c1-5-12-18-16(17-6-2)19-13-14(3)20(4)15-10-8-7-9-11-15;/h5,7-11,14H,1,6,12-13H2,2-4H3,(H2,17,18,19);1H. The second kappa shape index (κ2) is 11.4. The van der Waals surface area contributed by atoms with Gasteiger partial charge in [-0.2, -0.15) is 0 Å². The molecule has 0 aliphatic heterocycles. The Balaban J connectivity index is 0.00000400. The molecule has 1 aromatic rings. The van der Waals surface area contributed by atoms with Gasteiger partial charge in [-0.05, 0) is 26.0 Å². The summed E-state index contributed by atoms with van der Waals surface area (Å²) in [5.41, 5.74) is 1.21. The summed E-state index contributed by atoms with van der Waals surface area (Å²) in [6, 6.07) is 10.7. The Morgan fingerprint density at radius 3 is 2.57 bits per heavy atom. The van der Waals surface area contributed by atoms with E-state index in [1.165, 1.54) is 5.69 Å². The van der Waals surface area contributed by atoms with Crippen LogP contribution in [-0.4, -0.2) is 38.7 Å². The van der Waals surface area contributed by atoms with Crippen LogP contribution in [0.4, 0.5) is 5.69 Å². The highest BCUT2D eigenvalue weighted by molar-refractivity contribution is 14.0. The van der Waals surface area contributed by atoms with E-state index in [1.807, 2.05) is 12.1 Å². The van der Waals surface area contributed by atoms with E-state index in [0.29, 0.717) is 6.04 Å². The minimum atomic E-state index is 0. The predicted octanol–water partition coefficient (Wildman–Crippen LogP) is 2.87. The fourth-order valence-electron chi connectivity index (χ4n) is 1.77. The van der Waals surface area contributed by atoms with Crippen LogP contribution in [0.1, 0.15) is 13.8 Å². The largest absolute Gasteiger partial charge is 0.370 e. The van der Waals surface area contributed by atoms with E-state index >= 15 is 0 Å². The van der Waals surface area contributed by atoms with Crippen molar-refractivity contribution in [2.24, 2.45) is 4.99 Å². The number of hydrogen-bond acceptors (Lipinski definition) is 2. The molecule has 5 heteroatoms. The van der Waals surface area contributed by atoms with Crippen LogP contribution in [0.2, 0.25) is 0 Å². The van der Waals surface area contributed by atoms with E-state index in [0.717, 1.165) is 25.6 Å². The third kappa shape index (κ3) is 7.36. The number of rotatable bonds is 7. The average molecular weight is 402 g/mol. The van der Waals surface area contributed by atoms with Gasteiger partial charge in [-0.25, -0.2) is 0 Å². The van der Waals surface area contributed by atoms with Crippen LogP contribution in [-0.2, 0) is 0 Å². The number of guanidine groups is 1. The number of hydrogen-bond donors (Lipinski definition) is 2. The number of halogens is 1. The summed E-state index contributed by atoms with van der Waals surface area (Å²) >= 11 is 0. The highest BCUT2D eigenvalue weighted by atomic mass is 127. The topological polar surface area (TPSA) is 39.7 Å². The lowest BCUT2D eigenvalue weighted by molar-refractivity contribution is 0.689. The van der Waals surface area contributed by atoms with Crippen molar-refractivity contribution in [3.8, 4) is 0 Å². The smallest absolute Gasteiger partial charge is 0.191 e. The van der Waals surface area contributed by atoms with Crippen molar-refractivity contribution in [2.45, 2.75) is 19.9 Å². The predicted molar refractivity (Wildman–Crippen MR) is 104 cm³/mol. The molecule has 118 valence electrons. The van der Waals surface area contributed by atoms with Gasteiger partial charge in [-0.1, -0.05) is 24.3 Å². The van der Waals surface area contributed by atoms with Gasteiger partial charge in [0.1, 0.15) is 0 Å². The van der Waals surface area contributed by atoms with Crippen LogP contribution in [0.15, 0.2) is 48.0 Å². The van der Waals surface area contributed by atoms with Gasteiger partial charge >= 0.3 is 0 Å². The van der Waals surface area contributed by atoms with Gasteiger partial charge in [0.25, 0.3) is 0 Å². The van der Waals surface area contributed by atoms with Crippen LogP contribution in [0.5, 0.6) is 0 Å². The molecule has 1 atom stereocenters. The zero-order valence-electron chi connectivity index (χ0n) is 13.2. The van der Waals surface area contributed by atoms with E-state index in [4.69, 9.17) is 0 Å². The van der Waals surface area contributed by atoms with Gasteiger partial charge in [-0.15, -0.1) is 30.6 Å². The maximum Gasteiger partial charge on any atom is 0.191 e. The van der Waals surface area contributed by atoms with Crippen LogP contribution < -0.4 is 15.5 Å². The van der Waals surface area contributed by atoms with Crippen LogP contribution in [0, 0.1) is 0 Å². The van der Waals surface area contributed by atoms with Crippen molar-refractivity contribution >= 4 is 35.6 Å². The fourth-order valence-corrected chi connectivity index (χ4v) is 1.77. The zero-order chi connectivity index (χ0) is 14.8. The first-order valence-corrected chi connectivity index (χ1v) is 7.10. The molecule has 0 heterocycles. The molecule has 0 aliphatic carbocycles. The Labute approximate surface area is 145 Å². The molecule has 0 radical (unpaired) electrons. The quantitative estimate of drug-likeness (QED) is 0.319. The van der Waals surface area contributed by atoms with Gasteiger partial charge in [0.2, 0.25) is 0 Å². The highest BCUT2D eigenvalue weighted by Crippen LogP contribution is 2.13. The first kappa shape index (κ1) is 19.8. The number of nitrogens with one attached hydrogen (secondary N) is 2. The molecule has 0 spiro atoms. The number of aliphatic imine (C=N–C) groups is 1. The maximum absolute atomic E-state index is 4.60. The molecular formula is C16H27IN4. The Morgan fingerprint density at radius 1 is 1.33 bits per heavy atom. The van der Waals surface area contributed by atoms with Crippen LogP contribution >= 0.6 is 24.0 Å². The average Bonchev–Trinajstić information content (AvgIpc) is 2.49. The van der Waals surface area contributed by atoms with Crippen molar-refractivity contribution in [3.63, 3.8) is 0 Å². The summed E-state index contributed by atoms with van der Waals surface area (Å²) in [5, 5.41) is 6.43. The molecule has 2 N–H and O–H groups in total. The first-order chi connectivity index (χ1) is 9.69. The van der Waals surface area contributed by atoms with E-state index in [2.05, 4.69) is 72.3 Å². The number of nitrogens with zero attached hydrogens (tertiary/aromatic N) is 2. The molecular weight excluding hydrogens is 375 g/mol. The Kier molecular flexibility index (Phi) is 10.7. The summed E-state index contributed by atoms with van der Waals surface area (Å²) < 4.78 is 0. The molecule has 0 bridgehead atoms. The van der Waals surface area contributed by atoms with E-state index in [-0.39, 0.29) is 24.0 Å². The van der Waals surface area contributed by atoms with Crippen molar-refractivity contribution in [3.05, 3.63) is 43.0 Å². The summed E-state index contributed by atoms with van der Waals surface area (Å²) in [4.78, 5) is 6.84. The first-order valence-electron chi connectivity index (χ1n) is 7.10. The van der Waals surface area contributed by atoms with E-state index < -0.39 is 0 Å². The third-order valence-electron chi connectivity index (χ3n) is 3.10. The lowest BCUT2D eigenvalue weighted by Crippen LogP contribution is -2.39. The molecule has 4 nitrogen and oxygen atoms in total.